The van der Waals surface area contributed by atoms with Crippen molar-refractivity contribution >= 4 is 33.3 Å². The van der Waals surface area contributed by atoms with Crippen molar-refractivity contribution in [3.63, 3.8) is 0 Å². The van der Waals surface area contributed by atoms with Crippen molar-refractivity contribution in [3.8, 4) is 6.07 Å². The number of aryl methyl sites for hydroxylation is 1. The van der Waals surface area contributed by atoms with Crippen molar-refractivity contribution < 1.29 is 4.39 Å². The maximum Gasteiger partial charge on any atom is 0.147 e. The highest BCUT2D eigenvalue weighted by molar-refractivity contribution is 9.10. The first-order valence-corrected chi connectivity index (χ1v) is 8.80. The summed E-state index contributed by atoms with van der Waals surface area (Å²) in [6.07, 6.45) is 3.98. The quantitative estimate of drug-likeness (QED) is 0.511. The lowest BCUT2D eigenvalue weighted by Crippen LogP contribution is -2.19. The van der Waals surface area contributed by atoms with Crippen LogP contribution in [0.15, 0.2) is 40.9 Å². The number of hydrogen-bond donors (Lipinski definition) is 0. The maximum absolute atomic E-state index is 14.5. The Kier molecular flexibility index (Phi) is 5.01. The van der Waals surface area contributed by atoms with E-state index in [4.69, 9.17) is 0 Å². The number of halogens is 2. The van der Waals surface area contributed by atoms with Crippen molar-refractivity contribution in [2.75, 3.05) is 18.0 Å². The first-order chi connectivity index (χ1) is 11.6. The number of nitriles is 1. The predicted molar refractivity (Wildman–Crippen MR) is 100 cm³/mol. The van der Waals surface area contributed by atoms with E-state index in [0.717, 1.165) is 47.1 Å². The molecule has 122 valence electrons. The van der Waals surface area contributed by atoms with Crippen molar-refractivity contribution in [2.45, 2.75) is 19.8 Å². The lowest BCUT2D eigenvalue weighted by molar-refractivity contribution is 0.622. The highest BCUT2D eigenvalue weighted by Crippen LogP contribution is 2.29. The number of nitrogens with zero attached hydrogens (tertiary/aromatic N) is 2. The van der Waals surface area contributed by atoms with E-state index in [2.05, 4.69) is 26.9 Å². The van der Waals surface area contributed by atoms with Gasteiger partial charge in [-0.3, -0.25) is 0 Å². The molecule has 0 bridgehead atoms. The van der Waals surface area contributed by atoms with E-state index in [1.165, 1.54) is 6.07 Å². The van der Waals surface area contributed by atoms with Gasteiger partial charge in [-0.05, 0) is 66.8 Å². The summed E-state index contributed by atoms with van der Waals surface area (Å²) >= 11 is 3.42. The predicted octanol–water partition coefficient (Wildman–Crippen LogP) is 5.56. The summed E-state index contributed by atoms with van der Waals surface area (Å²) in [5, 5.41) is 9.48. The average molecular weight is 385 g/mol. The SMILES string of the molecule is Cc1cc(N2CCCC2)c(F)cc1/C=C(/C#N)c1cccc(Br)c1. The highest BCUT2D eigenvalue weighted by atomic mass is 79.9. The van der Waals surface area contributed by atoms with E-state index in [1.54, 1.807) is 6.08 Å². The Morgan fingerprint density at radius 2 is 2.00 bits per heavy atom. The fourth-order valence-corrected chi connectivity index (χ4v) is 3.43. The third-order valence-electron chi connectivity index (χ3n) is 4.34. The minimum Gasteiger partial charge on any atom is -0.369 e. The Bertz CT molecular complexity index is 830. The first kappa shape index (κ1) is 16.7. The van der Waals surface area contributed by atoms with Crippen LogP contribution in [0.1, 0.15) is 29.5 Å². The zero-order chi connectivity index (χ0) is 17.1. The van der Waals surface area contributed by atoms with Crippen molar-refractivity contribution in [2.24, 2.45) is 0 Å². The molecule has 1 saturated heterocycles. The molecule has 0 amide bonds. The summed E-state index contributed by atoms with van der Waals surface area (Å²) in [5.41, 5.74) is 3.72. The lowest BCUT2D eigenvalue weighted by Gasteiger charge is -2.19. The van der Waals surface area contributed by atoms with Gasteiger partial charge in [-0.1, -0.05) is 28.1 Å². The second kappa shape index (κ2) is 7.19. The Labute approximate surface area is 150 Å². The van der Waals surface area contributed by atoms with Crippen molar-refractivity contribution in [3.05, 3.63) is 63.4 Å². The van der Waals surface area contributed by atoms with E-state index < -0.39 is 0 Å². The molecule has 1 aliphatic rings. The maximum atomic E-state index is 14.5. The molecular weight excluding hydrogens is 367 g/mol. The summed E-state index contributed by atoms with van der Waals surface area (Å²) in [5.74, 6) is -0.222. The van der Waals surface area contributed by atoms with Crippen LogP contribution in [-0.2, 0) is 0 Å². The topological polar surface area (TPSA) is 27.0 Å². The standard InChI is InChI=1S/C20H18BrFN2/c1-14-9-20(24-7-2-3-8-24)19(22)12-16(14)10-17(13-23)15-5-4-6-18(21)11-15/h4-6,9-12H,2-3,7-8H2,1H3/b17-10-. The molecule has 0 spiro atoms. The number of anilines is 1. The first-order valence-electron chi connectivity index (χ1n) is 8.01. The van der Waals surface area contributed by atoms with Crippen LogP contribution in [0.25, 0.3) is 11.6 Å². The van der Waals surface area contributed by atoms with Crippen LogP contribution in [0.5, 0.6) is 0 Å². The largest absolute Gasteiger partial charge is 0.369 e. The zero-order valence-corrected chi connectivity index (χ0v) is 15.1. The fourth-order valence-electron chi connectivity index (χ4n) is 3.03. The van der Waals surface area contributed by atoms with Crippen LogP contribution in [-0.4, -0.2) is 13.1 Å². The van der Waals surface area contributed by atoms with Crippen LogP contribution in [0.4, 0.5) is 10.1 Å². The van der Waals surface area contributed by atoms with Gasteiger partial charge in [0.2, 0.25) is 0 Å². The number of benzene rings is 2. The summed E-state index contributed by atoms with van der Waals surface area (Å²) in [7, 11) is 0. The Morgan fingerprint density at radius 1 is 1.25 bits per heavy atom. The molecule has 2 nitrogen and oxygen atoms in total. The minimum atomic E-state index is -0.222. The molecule has 0 aromatic heterocycles. The molecule has 3 rings (SSSR count). The van der Waals surface area contributed by atoms with Crippen LogP contribution in [0, 0.1) is 24.1 Å². The number of rotatable bonds is 3. The van der Waals surface area contributed by atoms with Gasteiger partial charge in [0.15, 0.2) is 0 Å². The summed E-state index contributed by atoms with van der Waals surface area (Å²) in [6.45, 7) is 3.78. The van der Waals surface area contributed by atoms with Crippen molar-refractivity contribution in [1.82, 2.24) is 0 Å². The van der Waals surface area contributed by atoms with Crippen LogP contribution in [0.2, 0.25) is 0 Å². The fraction of sp³-hybridized carbons (Fsp3) is 0.250. The van der Waals surface area contributed by atoms with Crippen LogP contribution >= 0.6 is 15.9 Å². The van der Waals surface area contributed by atoms with Gasteiger partial charge in [0.1, 0.15) is 5.82 Å². The van der Waals surface area contributed by atoms with Gasteiger partial charge in [0.25, 0.3) is 0 Å². The smallest absolute Gasteiger partial charge is 0.147 e. The lowest BCUT2D eigenvalue weighted by atomic mass is 10.0. The van der Waals surface area contributed by atoms with E-state index in [0.29, 0.717) is 11.3 Å². The van der Waals surface area contributed by atoms with Gasteiger partial charge >= 0.3 is 0 Å². The molecule has 1 heterocycles. The average Bonchev–Trinajstić information content (AvgIpc) is 3.09. The molecule has 0 unspecified atom stereocenters. The van der Waals surface area contributed by atoms with Gasteiger partial charge in [0, 0.05) is 17.6 Å². The Hall–Kier alpha value is -2.12. The summed E-state index contributed by atoms with van der Waals surface area (Å²) in [4.78, 5) is 2.09. The van der Waals surface area contributed by atoms with Gasteiger partial charge in [-0.2, -0.15) is 5.26 Å². The molecule has 0 radical (unpaired) electrons. The molecule has 1 fully saturated rings. The molecule has 2 aromatic rings. The van der Waals surface area contributed by atoms with E-state index in [9.17, 15) is 9.65 Å². The van der Waals surface area contributed by atoms with E-state index in [-0.39, 0.29) is 5.82 Å². The molecule has 0 atom stereocenters. The molecule has 0 N–H and O–H groups in total. The molecule has 1 aliphatic heterocycles. The molecule has 4 heteroatoms. The molecular formula is C20H18BrFN2. The van der Waals surface area contributed by atoms with Gasteiger partial charge in [-0.25, -0.2) is 4.39 Å². The van der Waals surface area contributed by atoms with E-state index in [1.807, 2.05) is 37.3 Å². The third-order valence-corrected chi connectivity index (χ3v) is 4.83. The Balaban J connectivity index is 1.99. The molecule has 0 saturated carbocycles. The van der Waals surface area contributed by atoms with E-state index >= 15 is 0 Å². The Morgan fingerprint density at radius 3 is 2.67 bits per heavy atom. The molecule has 0 aliphatic carbocycles. The highest BCUT2D eigenvalue weighted by Gasteiger charge is 2.17. The van der Waals surface area contributed by atoms with Gasteiger partial charge in [0.05, 0.1) is 17.3 Å². The second-order valence-corrected chi connectivity index (χ2v) is 6.95. The third kappa shape index (κ3) is 3.52. The molecule has 2 aromatic carbocycles. The van der Waals surface area contributed by atoms with Gasteiger partial charge < -0.3 is 4.90 Å². The monoisotopic (exact) mass is 384 g/mol. The summed E-state index contributed by atoms with van der Waals surface area (Å²) in [6, 6.07) is 13.2. The number of hydrogen-bond acceptors (Lipinski definition) is 2. The summed E-state index contributed by atoms with van der Waals surface area (Å²) < 4.78 is 15.5. The van der Waals surface area contributed by atoms with Gasteiger partial charge in [-0.15, -0.1) is 0 Å². The van der Waals surface area contributed by atoms with Crippen molar-refractivity contribution in [1.29, 1.82) is 5.26 Å². The minimum absolute atomic E-state index is 0.222. The number of allylic oxidation sites excluding steroid dienone is 1. The zero-order valence-electron chi connectivity index (χ0n) is 13.5. The normalized spacial score (nSPS) is 14.8. The second-order valence-electron chi connectivity index (χ2n) is 6.03. The molecule has 24 heavy (non-hydrogen) atoms. The van der Waals surface area contributed by atoms with Crippen LogP contribution < -0.4 is 4.90 Å². The van der Waals surface area contributed by atoms with Crippen LogP contribution in [0.3, 0.4) is 0 Å².